The minimum absolute atomic E-state index is 0.0731. The van der Waals surface area contributed by atoms with Gasteiger partial charge in [-0.05, 0) is 66.0 Å². The molecule has 1 saturated heterocycles. The Hall–Kier alpha value is -1.07. The number of nitrogens with one attached hydrogen (secondary N) is 2. The number of benzene rings is 1. The molecule has 19 heavy (non-hydrogen) atoms. The van der Waals surface area contributed by atoms with Crippen LogP contribution in [0, 0.1) is 5.92 Å². The topological polar surface area (TPSA) is 50.4 Å². The highest BCUT2D eigenvalue weighted by molar-refractivity contribution is 9.10. The number of halogens is 1. The lowest BCUT2D eigenvalue weighted by atomic mass is 10.0. The van der Waals surface area contributed by atoms with E-state index in [9.17, 15) is 4.79 Å². The molecule has 5 heteroatoms. The van der Waals surface area contributed by atoms with Gasteiger partial charge in [-0.1, -0.05) is 0 Å². The Kier molecular flexibility index (Phi) is 5.22. The summed E-state index contributed by atoms with van der Waals surface area (Å²) in [4.78, 5) is 11.9. The number of amides is 1. The van der Waals surface area contributed by atoms with Crippen molar-refractivity contribution in [2.24, 2.45) is 5.92 Å². The summed E-state index contributed by atoms with van der Waals surface area (Å²) in [5, 5.41) is 6.23. The standard InChI is InChI=1S/C14H19BrN2O2/c1-19-13-4-3-11(8-12(13)15)17-14(18)5-2-10-6-7-16-9-10/h3-4,8,10,16H,2,5-7,9H2,1H3,(H,17,18). The number of hydrogen-bond donors (Lipinski definition) is 2. The number of ether oxygens (including phenoxy) is 1. The molecule has 1 heterocycles. The molecule has 0 bridgehead atoms. The molecular formula is C14H19BrN2O2. The Morgan fingerprint density at radius 3 is 3.05 bits per heavy atom. The van der Waals surface area contributed by atoms with E-state index in [0.29, 0.717) is 12.3 Å². The van der Waals surface area contributed by atoms with Gasteiger partial charge in [0.05, 0.1) is 11.6 Å². The van der Waals surface area contributed by atoms with Crippen LogP contribution in [0.3, 0.4) is 0 Å². The molecule has 1 aromatic rings. The monoisotopic (exact) mass is 326 g/mol. The van der Waals surface area contributed by atoms with E-state index in [1.54, 1.807) is 7.11 Å². The Bertz CT molecular complexity index is 445. The Morgan fingerprint density at radius 1 is 1.58 bits per heavy atom. The molecule has 1 aliphatic heterocycles. The molecule has 1 unspecified atom stereocenters. The molecule has 1 fully saturated rings. The molecule has 0 saturated carbocycles. The molecule has 104 valence electrons. The largest absolute Gasteiger partial charge is 0.496 e. The van der Waals surface area contributed by atoms with Crippen LogP contribution in [0.25, 0.3) is 0 Å². The van der Waals surface area contributed by atoms with Gasteiger partial charge in [-0.15, -0.1) is 0 Å². The maximum atomic E-state index is 11.9. The highest BCUT2D eigenvalue weighted by Crippen LogP contribution is 2.27. The Balaban J connectivity index is 1.82. The van der Waals surface area contributed by atoms with Gasteiger partial charge in [0.1, 0.15) is 5.75 Å². The maximum Gasteiger partial charge on any atom is 0.224 e. The first-order valence-electron chi connectivity index (χ1n) is 6.53. The molecular weight excluding hydrogens is 308 g/mol. The summed E-state index contributed by atoms with van der Waals surface area (Å²) in [6, 6.07) is 5.53. The fourth-order valence-electron chi connectivity index (χ4n) is 2.26. The first-order valence-corrected chi connectivity index (χ1v) is 7.32. The van der Waals surface area contributed by atoms with Crippen molar-refractivity contribution in [1.29, 1.82) is 0 Å². The molecule has 0 aliphatic carbocycles. The summed E-state index contributed by atoms with van der Waals surface area (Å²) in [7, 11) is 1.62. The van der Waals surface area contributed by atoms with Crippen LogP contribution in [0.15, 0.2) is 22.7 Å². The van der Waals surface area contributed by atoms with Gasteiger partial charge >= 0.3 is 0 Å². The van der Waals surface area contributed by atoms with Gasteiger partial charge in [-0.3, -0.25) is 4.79 Å². The predicted octanol–water partition coefficient (Wildman–Crippen LogP) is 2.79. The lowest BCUT2D eigenvalue weighted by molar-refractivity contribution is -0.116. The van der Waals surface area contributed by atoms with Crippen molar-refractivity contribution in [1.82, 2.24) is 5.32 Å². The number of carbonyl (C=O) groups is 1. The van der Waals surface area contributed by atoms with E-state index in [4.69, 9.17) is 4.74 Å². The van der Waals surface area contributed by atoms with Crippen molar-refractivity contribution in [2.45, 2.75) is 19.3 Å². The zero-order valence-electron chi connectivity index (χ0n) is 11.0. The van der Waals surface area contributed by atoms with Gasteiger partial charge in [0.2, 0.25) is 5.91 Å². The van der Waals surface area contributed by atoms with Gasteiger partial charge in [-0.25, -0.2) is 0 Å². The van der Waals surface area contributed by atoms with E-state index in [1.165, 1.54) is 6.42 Å². The van der Waals surface area contributed by atoms with Crippen molar-refractivity contribution in [2.75, 3.05) is 25.5 Å². The third kappa shape index (κ3) is 4.21. The quantitative estimate of drug-likeness (QED) is 0.874. The van der Waals surface area contributed by atoms with E-state index in [1.807, 2.05) is 18.2 Å². The third-order valence-corrected chi connectivity index (χ3v) is 4.00. The van der Waals surface area contributed by atoms with Crippen molar-refractivity contribution in [3.63, 3.8) is 0 Å². The summed E-state index contributed by atoms with van der Waals surface area (Å²) < 4.78 is 5.99. The highest BCUT2D eigenvalue weighted by atomic mass is 79.9. The van der Waals surface area contributed by atoms with Crippen molar-refractivity contribution in [3.8, 4) is 5.75 Å². The molecule has 1 aliphatic rings. The van der Waals surface area contributed by atoms with Crippen LogP contribution in [-0.4, -0.2) is 26.1 Å². The molecule has 2 rings (SSSR count). The van der Waals surface area contributed by atoms with Gasteiger partial charge in [-0.2, -0.15) is 0 Å². The third-order valence-electron chi connectivity index (χ3n) is 3.38. The zero-order chi connectivity index (χ0) is 13.7. The maximum absolute atomic E-state index is 11.9. The Morgan fingerprint density at radius 2 is 2.42 bits per heavy atom. The van der Waals surface area contributed by atoms with Crippen LogP contribution >= 0.6 is 15.9 Å². The first kappa shape index (κ1) is 14.3. The normalized spacial score (nSPS) is 18.3. The van der Waals surface area contributed by atoms with Crippen LogP contribution < -0.4 is 15.4 Å². The Labute approximate surface area is 122 Å². The van der Waals surface area contributed by atoms with E-state index in [-0.39, 0.29) is 5.91 Å². The molecule has 1 aromatic carbocycles. The predicted molar refractivity (Wildman–Crippen MR) is 79.5 cm³/mol. The fourth-order valence-corrected chi connectivity index (χ4v) is 2.80. The summed E-state index contributed by atoms with van der Waals surface area (Å²) in [5.41, 5.74) is 0.794. The summed E-state index contributed by atoms with van der Waals surface area (Å²) >= 11 is 3.41. The fraction of sp³-hybridized carbons (Fsp3) is 0.500. The number of rotatable bonds is 5. The average molecular weight is 327 g/mol. The molecule has 0 aromatic heterocycles. The van der Waals surface area contributed by atoms with E-state index in [2.05, 4.69) is 26.6 Å². The number of carbonyl (C=O) groups excluding carboxylic acids is 1. The first-order chi connectivity index (χ1) is 9.19. The van der Waals surface area contributed by atoms with E-state index < -0.39 is 0 Å². The molecule has 0 spiro atoms. The van der Waals surface area contributed by atoms with Gasteiger partial charge < -0.3 is 15.4 Å². The van der Waals surface area contributed by atoms with Crippen LogP contribution in [0.2, 0.25) is 0 Å². The second kappa shape index (κ2) is 6.91. The minimum Gasteiger partial charge on any atom is -0.496 e. The zero-order valence-corrected chi connectivity index (χ0v) is 12.6. The number of hydrogen-bond acceptors (Lipinski definition) is 3. The van der Waals surface area contributed by atoms with Gasteiger partial charge in [0.25, 0.3) is 0 Å². The van der Waals surface area contributed by atoms with E-state index in [0.717, 1.165) is 35.4 Å². The molecule has 1 amide bonds. The number of anilines is 1. The van der Waals surface area contributed by atoms with Gasteiger partial charge in [0, 0.05) is 12.1 Å². The van der Waals surface area contributed by atoms with Crippen LogP contribution in [0.1, 0.15) is 19.3 Å². The van der Waals surface area contributed by atoms with E-state index >= 15 is 0 Å². The average Bonchev–Trinajstić information content (AvgIpc) is 2.90. The second-order valence-electron chi connectivity index (χ2n) is 4.80. The second-order valence-corrected chi connectivity index (χ2v) is 5.65. The van der Waals surface area contributed by atoms with Crippen LogP contribution in [-0.2, 0) is 4.79 Å². The molecule has 1 atom stereocenters. The van der Waals surface area contributed by atoms with Crippen LogP contribution in [0.5, 0.6) is 5.75 Å². The molecule has 2 N–H and O–H groups in total. The minimum atomic E-state index is 0.0731. The lowest BCUT2D eigenvalue weighted by Gasteiger charge is -2.10. The summed E-state index contributed by atoms with van der Waals surface area (Å²) in [6.07, 6.45) is 2.72. The lowest BCUT2D eigenvalue weighted by Crippen LogP contribution is -2.15. The van der Waals surface area contributed by atoms with Crippen molar-refractivity contribution < 1.29 is 9.53 Å². The number of methoxy groups -OCH3 is 1. The summed E-state index contributed by atoms with van der Waals surface area (Å²) in [6.45, 7) is 2.12. The van der Waals surface area contributed by atoms with Crippen molar-refractivity contribution in [3.05, 3.63) is 22.7 Å². The highest BCUT2D eigenvalue weighted by Gasteiger charge is 2.15. The molecule has 4 nitrogen and oxygen atoms in total. The van der Waals surface area contributed by atoms with Crippen LogP contribution in [0.4, 0.5) is 5.69 Å². The smallest absolute Gasteiger partial charge is 0.224 e. The molecule has 0 radical (unpaired) electrons. The SMILES string of the molecule is COc1ccc(NC(=O)CCC2CCNC2)cc1Br. The van der Waals surface area contributed by atoms with Crippen molar-refractivity contribution >= 4 is 27.5 Å². The summed E-state index contributed by atoms with van der Waals surface area (Å²) in [5.74, 6) is 1.48. The van der Waals surface area contributed by atoms with Gasteiger partial charge in [0.15, 0.2) is 0 Å².